The summed E-state index contributed by atoms with van der Waals surface area (Å²) in [7, 11) is 2.38. The fraction of sp³-hybridized carbons (Fsp3) is 0.286. The predicted octanol–water partition coefficient (Wildman–Crippen LogP) is 1.87. The van der Waals surface area contributed by atoms with Crippen LogP contribution in [0.1, 0.15) is 0 Å². The standard InChI is InChI=1S/C14H13ClFNO5/c1-20-13(18)9-6-22-7-17(12(9)14(19)21-2)8-3-4-11(16)10(15)5-8/h3-5H,6-7H2,1-2H3. The van der Waals surface area contributed by atoms with Crippen LogP contribution >= 0.6 is 11.6 Å². The van der Waals surface area contributed by atoms with Gasteiger partial charge in [0.15, 0.2) is 0 Å². The highest BCUT2D eigenvalue weighted by Crippen LogP contribution is 2.29. The molecule has 0 spiro atoms. The third-order valence-electron chi connectivity index (χ3n) is 3.05. The minimum atomic E-state index is -0.732. The lowest BCUT2D eigenvalue weighted by Gasteiger charge is -2.31. The SMILES string of the molecule is COC(=O)C1=C(C(=O)OC)N(c2ccc(F)c(Cl)c2)COC1. The molecular weight excluding hydrogens is 317 g/mol. The molecule has 0 amide bonds. The Bertz CT molecular complexity index is 646. The van der Waals surface area contributed by atoms with Gasteiger partial charge in [-0.25, -0.2) is 14.0 Å². The highest BCUT2D eigenvalue weighted by atomic mass is 35.5. The molecule has 1 aliphatic heterocycles. The first-order valence-corrected chi connectivity index (χ1v) is 6.57. The van der Waals surface area contributed by atoms with Gasteiger partial charge in [0.2, 0.25) is 0 Å². The molecule has 0 saturated carbocycles. The molecule has 2 rings (SSSR count). The maximum absolute atomic E-state index is 13.3. The van der Waals surface area contributed by atoms with E-state index in [4.69, 9.17) is 21.1 Å². The number of anilines is 1. The number of rotatable bonds is 3. The number of ether oxygens (including phenoxy) is 3. The zero-order chi connectivity index (χ0) is 16.3. The lowest BCUT2D eigenvalue weighted by Crippen LogP contribution is -2.38. The van der Waals surface area contributed by atoms with Gasteiger partial charge in [-0.15, -0.1) is 0 Å². The minimum absolute atomic E-state index is 0.0149. The normalized spacial score (nSPS) is 14.8. The van der Waals surface area contributed by atoms with E-state index in [0.717, 1.165) is 6.07 Å². The van der Waals surface area contributed by atoms with Gasteiger partial charge in [-0.1, -0.05) is 11.6 Å². The molecule has 0 bridgehead atoms. The smallest absolute Gasteiger partial charge is 0.355 e. The van der Waals surface area contributed by atoms with Crippen LogP contribution in [-0.2, 0) is 23.8 Å². The maximum atomic E-state index is 13.3. The van der Waals surface area contributed by atoms with E-state index in [1.165, 1.54) is 31.3 Å². The maximum Gasteiger partial charge on any atom is 0.355 e. The Labute approximate surface area is 131 Å². The van der Waals surface area contributed by atoms with Crippen molar-refractivity contribution in [2.24, 2.45) is 0 Å². The molecule has 0 fully saturated rings. The number of benzene rings is 1. The van der Waals surface area contributed by atoms with Crippen LogP contribution in [0.5, 0.6) is 0 Å². The average Bonchev–Trinajstić information content (AvgIpc) is 2.55. The molecular formula is C14H13ClFNO5. The summed E-state index contributed by atoms with van der Waals surface area (Å²) in [6.07, 6.45) is 0. The number of carbonyl (C=O) groups is 2. The zero-order valence-electron chi connectivity index (χ0n) is 11.9. The van der Waals surface area contributed by atoms with Gasteiger partial charge in [0.25, 0.3) is 0 Å². The van der Waals surface area contributed by atoms with Crippen molar-refractivity contribution in [3.8, 4) is 0 Å². The van der Waals surface area contributed by atoms with Gasteiger partial charge >= 0.3 is 11.9 Å². The Kier molecular flexibility index (Phi) is 4.99. The fourth-order valence-electron chi connectivity index (χ4n) is 2.00. The largest absolute Gasteiger partial charge is 0.466 e. The molecule has 1 aromatic rings. The van der Waals surface area contributed by atoms with E-state index in [1.807, 2.05) is 0 Å². The summed E-state index contributed by atoms with van der Waals surface area (Å²) in [6.45, 7) is -0.116. The van der Waals surface area contributed by atoms with Gasteiger partial charge in [0, 0.05) is 5.69 Å². The fourth-order valence-corrected chi connectivity index (χ4v) is 2.18. The summed E-state index contributed by atoms with van der Waals surface area (Å²) in [5.41, 5.74) is 0.372. The van der Waals surface area contributed by atoms with E-state index in [2.05, 4.69) is 4.74 Å². The topological polar surface area (TPSA) is 65.1 Å². The number of nitrogens with zero attached hydrogens (tertiary/aromatic N) is 1. The monoisotopic (exact) mass is 329 g/mol. The number of esters is 2. The number of halogens is 2. The molecule has 0 atom stereocenters. The third kappa shape index (κ3) is 3.05. The molecule has 0 unspecified atom stereocenters. The van der Waals surface area contributed by atoms with Crippen LogP contribution in [0, 0.1) is 5.82 Å². The zero-order valence-corrected chi connectivity index (χ0v) is 12.6. The van der Waals surface area contributed by atoms with Crippen molar-refractivity contribution in [1.82, 2.24) is 0 Å². The van der Waals surface area contributed by atoms with Crippen molar-refractivity contribution < 1.29 is 28.2 Å². The van der Waals surface area contributed by atoms with E-state index in [0.29, 0.717) is 5.69 Å². The van der Waals surface area contributed by atoms with Gasteiger partial charge < -0.3 is 19.1 Å². The summed E-state index contributed by atoms with van der Waals surface area (Å²) >= 11 is 5.75. The van der Waals surface area contributed by atoms with Gasteiger partial charge in [0.1, 0.15) is 18.2 Å². The number of hydrogen-bond acceptors (Lipinski definition) is 6. The molecule has 8 heteroatoms. The van der Waals surface area contributed by atoms with Crippen LogP contribution in [0.4, 0.5) is 10.1 Å². The summed E-state index contributed by atoms with van der Waals surface area (Å²) in [4.78, 5) is 25.2. The second-order valence-corrected chi connectivity index (χ2v) is 4.72. The van der Waals surface area contributed by atoms with Crippen LogP contribution in [0.15, 0.2) is 29.5 Å². The molecule has 1 aromatic carbocycles. The van der Waals surface area contributed by atoms with E-state index in [1.54, 1.807) is 0 Å². The molecule has 0 aliphatic carbocycles. The first-order chi connectivity index (χ1) is 10.5. The van der Waals surface area contributed by atoms with Crippen LogP contribution in [0.3, 0.4) is 0 Å². The Morgan fingerprint density at radius 3 is 2.55 bits per heavy atom. The second kappa shape index (κ2) is 6.76. The molecule has 22 heavy (non-hydrogen) atoms. The summed E-state index contributed by atoms with van der Waals surface area (Å²) in [6, 6.07) is 3.89. The van der Waals surface area contributed by atoms with E-state index in [-0.39, 0.29) is 29.6 Å². The Balaban J connectivity index is 2.54. The van der Waals surface area contributed by atoms with Gasteiger partial charge in [-0.3, -0.25) is 0 Å². The lowest BCUT2D eigenvalue weighted by molar-refractivity contribution is -0.140. The summed E-state index contributed by atoms with van der Waals surface area (Å²) < 4.78 is 27.9. The van der Waals surface area contributed by atoms with Crippen molar-refractivity contribution in [3.63, 3.8) is 0 Å². The quantitative estimate of drug-likeness (QED) is 0.789. The second-order valence-electron chi connectivity index (χ2n) is 4.31. The molecule has 0 radical (unpaired) electrons. The van der Waals surface area contributed by atoms with E-state index >= 15 is 0 Å². The van der Waals surface area contributed by atoms with Crippen molar-refractivity contribution in [2.75, 3.05) is 32.5 Å². The highest BCUT2D eigenvalue weighted by molar-refractivity contribution is 6.31. The average molecular weight is 330 g/mol. The predicted molar refractivity (Wildman–Crippen MR) is 75.8 cm³/mol. The lowest BCUT2D eigenvalue weighted by atomic mass is 10.1. The molecule has 1 aliphatic rings. The molecule has 1 heterocycles. The molecule has 0 N–H and O–H groups in total. The Hall–Kier alpha value is -2.12. The van der Waals surface area contributed by atoms with Gasteiger partial charge in [-0.2, -0.15) is 0 Å². The van der Waals surface area contributed by atoms with Crippen molar-refractivity contribution in [3.05, 3.63) is 40.3 Å². The van der Waals surface area contributed by atoms with E-state index < -0.39 is 17.8 Å². The van der Waals surface area contributed by atoms with E-state index in [9.17, 15) is 14.0 Å². The van der Waals surface area contributed by atoms with Crippen LogP contribution < -0.4 is 4.90 Å². The van der Waals surface area contributed by atoms with Crippen molar-refractivity contribution in [1.29, 1.82) is 0 Å². The van der Waals surface area contributed by atoms with Crippen LogP contribution in [0.25, 0.3) is 0 Å². The molecule has 118 valence electrons. The highest BCUT2D eigenvalue weighted by Gasteiger charge is 2.32. The van der Waals surface area contributed by atoms with Crippen LogP contribution in [-0.4, -0.2) is 39.5 Å². The Morgan fingerprint density at radius 2 is 1.95 bits per heavy atom. The molecule has 0 aromatic heterocycles. The number of hydrogen-bond donors (Lipinski definition) is 0. The Morgan fingerprint density at radius 1 is 1.27 bits per heavy atom. The van der Waals surface area contributed by atoms with Gasteiger partial charge in [-0.05, 0) is 18.2 Å². The van der Waals surface area contributed by atoms with Gasteiger partial charge in [0.05, 0.1) is 31.4 Å². The first-order valence-electron chi connectivity index (χ1n) is 6.19. The van der Waals surface area contributed by atoms with Crippen molar-refractivity contribution in [2.45, 2.75) is 0 Å². The molecule has 0 saturated heterocycles. The number of methoxy groups -OCH3 is 2. The minimum Gasteiger partial charge on any atom is -0.466 e. The van der Waals surface area contributed by atoms with Crippen LogP contribution in [0.2, 0.25) is 5.02 Å². The summed E-state index contributed by atoms with van der Waals surface area (Å²) in [5, 5.41) is -0.119. The third-order valence-corrected chi connectivity index (χ3v) is 3.34. The van der Waals surface area contributed by atoms with Crippen molar-refractivity contribution >= 4 is 29.2 Å². The first kappa shape index (κ1) is 16.3. The number of carbonyl (C=O) groups excluding carboxylic acids is 2. The molecule has 6 nitrogen and oxygen atoms in total. The summed E-state index contributed by atoms with van der Waals surface area (Å²) in [5.74, 6) is -2.04.